The van der Waals surface area contributed by atoms with Crippen molar-refractivity contribution >= 4 is 33.8 Å². The van der Waals surface area contributed by atoms with Gasteiger partial charge in [-0.15, -0.1) is 21.5 Å². The van der Waals surface area contributed by atoms with Gasteiger partial charge in [0.25, 0.3) is 0 Å². The van der Waals surface area contributed by atoms with Gasteiger partial charge in [0.2, 0.25) is 11.8 Å². The van der Waals surface area contributed by atoms with Crippen LogP contribution in [0.2, 0.25) is 0 Å². The molecule has 0 saturated heterocycles. The predicted molar refractivity (Wildman–Crippen MR) is 125 cm³/mol. The van der Waals surface area contributed by atoms with Gasteiger partial charge in [0.1, 0.15) is 22.1 Å². The summed E-state index contributed by atoms with van der Waals surface area (Å²) >= 11 is 1.46. The van der Waals surface area contributed by atoms with E-state index in [0.29, 0.717) is 50.6 Å². The second-order valence-electron chi connectivity index (χ2n) is 7.44. The number of nitrogens with zero attached hydrogens (tertiary/aromatic N) is 4. The molecule has 170 valence electrons. The fraction of sp³-hybridized carbons (Fsp3) is 0.261. The summed E-state index contributed by atoms with van der Waals surface area (Å²) in [6.45, 7) is 4.09. The molecule has 4 rings (SSSR count). The van der Waals surface area contributed by atoms with Crippen LogP contribution in [0, 0.1) is 0 Å². The van der Waals surface area contributed by atoms with Crippen molar-refractivity contribution < 1.29 is 19.0 Å². The molecule has 0 aliphatic heterocycles. The second-order valence-corrected chi connectivity index (χ2v) is 8.54. The third-order valence-electron chi connectivity index (χ3n) is 4.74. The number of rotatable bonds is 8. The number of aromatic nitrogens is 4. The maximum Gasteiger partial charge on any atom is 0.231 e. The normalized spacial score (nSPS) is 10.9. The van der Waals surface area contributed by atoms with Gasteiger partial charge in [-0.3, -0.25) is 4.79 Å². The molecule has 9 nitrogen and oxygen atoms in total. The number of benzene rings is 2. The minimum Gasteiger partial charge on any atom is -0.493 e. The molecule has 0 fully saturated rings. The first-order valence-corrected chi connectivity index (χ1v) is 11.0. The maximum absolute atomic E-state index is 12.4. The Morgan fingerprint density at radius 1 is 1.03 bits per heavy atom. The van der Waals surface area contributed by atoms with Crippen molar-refractivity contribution in [2.45, 2.75) is 26.2 Å². The number of fused-ring (bicyclic) bond motifs is 1. The van der Waals surface area contributed by atoms with Gasteiger partial charge in [-0.1, -0.05) is 13.8 Å². The molecule has 2 heterocycles. The second kappa shape index (κ2) is 9.78. The lowest BCUT2D eigenvalue weighted by Crippen LogP contribution is -2.14. The molecule has 1 amide bonds. The highest BCUT2D eigenvalue weighted by atomic mass is 32.1. The average Bonchev–Trinajstić information content (AvgIpc) is 3.28. The smallest absolute Gasteiger partial charge is 0.231 e. The van der Waals surface area contributed by atoms with Crippen molar-refractivity contribution in [2.24, 2.45) is 0 Å². The number of anilines is 1. The Hall–Kier alpha value is -3.79. The SMILES string of the molecule is COc1cc2ncnc(Oc3ccc(NC(=O)Cc4nnc(C(C)C)s4)cc3)c2cc1OC. The zero-order valence-electron chi connectivity index (χ0n) is 18.7. The van der Waals surface area contributed by atoms with Crippen LogP contribution in [-0.2, 0) is 11.2 Å². The van der Waals surface area contributed by atoms with Crippen LogP contribution in [0.4, 0.5) is 5.69 Å². The van der Waals surface area contributed by atoms with E-state index in [1.807, 2.05) is 13.8 Å². The molecule has 0 bridgehead atoms. The predicted octanol–water partition coefficient (Wildman–Crippen LogP) is 4.60. The summed E-state index contributed by atoms with van der Waals surface area (Å²) in [5, 5.41) is 13.4. The highest BCUT2D eigenvalue weighted by molar-refractivity contribution is 7.11. The van der Waals surface area contributed by atoms with Gasteiger partial charge >= 0.3 is 0 Å². The molecular weight excluding hydrogens is 442 g/mol. The van der Waals surface area contributed by atoms with Crippen LogP contribution in [-0.4, -0.2) is 40.3 Å². The lowest BCUT2D eigenvalue weighted by molar-refractivity contribution is -0.115. The quantitative estimate of drug-likeness (QED) is 0.402. The fourth-order valence-electron chi connectivity index (χ4n) is 3.07. The van der Waals surface area contributed by atoms with E-state index in [4.69, 9.17) is 14.2 Å². The van der Waals surface area contributed by atoms with E-state index in [1.54, 1.807) is 50.6 Å². The molecule has 2 aromatic heterocycles. The number of methoxy groups -OCH3 is 2. The largest absolute Gasteiger partial charge is 0.493 e. The van der Waals surface area contributed by atoms with Crippen LogP contribution in [0.15, 0.2) is 42.7 Å². The van der Waals surface area contributed by atoms with Crippen molar-refractivity contribution in [3.8, 4) is 23.1 Å². The molecule has 1 N–H and O–H groups in total. The summed E-state index contributed by atoms with van der Waals surface area (Å²) in [4.78, 5) is 20.9. The van der Waals surface area contributed by atoms with Gasteiger partial charge in [-0.25, -0.2) is 9.97 Å². The summed E-state index contributed by atoms with van der Waals surface area (Å²) in [7, 11) is 3.13. The Balaban J connectivity index is 1.45. The van der Waals surface area contributed by atoms with Gasteiger partial charge in [-0.2, -0.15) is 0 Å². The summed E-state index contributed by atoms with van der Waals surface area (Å²) < 4.78 is 16.7. The van der Waals surface area contributed by atoms with Gasteiger partial charge in [-0.05, 0) is 30.3 Å². The van der Waals surface area contributed by atoms with Gasteiger partial charge in [0.15, 0.2) is 11.5 Å². The van der Waals surface area contributed by atoms with Crippen LogP contribution < -0.4 is 19.5 Å². The molecule has 0 radical (unpaired) electrons. The molecule has 10 heteroatoms. The zero-order chi connectivity index (χ0) is 23.4. The molecular formula is C23H23N5O4S. The van der Waals surface area contributed by atoms with E-state index in [9.17, 15) is 4.79 Å². The average molecular weight is 466 g/mol. The van der Waals surface area contributed by atoms with Gasteiger partial charge in [0.05, 0.1) is 31.5 Å². The van der Waals surface area contributed by atoms with Gasteiger partial charge in [0, 0.05) is 17.7 Å². The van der Waals surface area contributed by atoms with E-state index >= 15 is 0 Å². The number of nitrogens with one attached hydrogen (secondary N) is 1. The number of carbonyl (C=O) groups is 1. The molecule has 0 spiro atoms. The molecule has 0 atom stereocenters. The third-order valence-corrected chi connectivity index (χ3v) is 5.97. The van der Waals surface area contributed by atoms with E-state index in [-0.39, 0.29) is 12.3 Å². The summed E-state index contributed by atoms with van der Waals surface area (Å²) in [5.74, 6) is 2.21. The summed E-state index contributed by atoms with van der Waals surface area (Å²) in [5.41, 5.74) is 1.32. The maximum atomic E-state index is 12.4. The molecule has 0 saturated carbocycles. The van der Waals surface area contributed by atoms with Crippen LogP contribution in [0.25, 0.3) is 10.9 Å². The van der Waals surface area contributed by atoms with Crippen LogP contribution in [0.3, 0.4) is 0 Å². The summed E-state index contributed by atoms with van der Waals surface area (Å²) in [6, 6.07) is 10.6. The molecule has 4 aromatic rings. The molecule has 0 aliphatic carbocycles. The van der Waals surface area contributed by atoms with E-state index < -0.39 is 0 Å². The van der Waals surface area contributed by atoms with Crippen LogP contribution in [0.1, 0.15) is 29.8 Å². The Morgan fingerprint density at radius 2 is 1.76 bits per heavy atom. The number of ether oxygens (including phenoxy) is 3. The fourth-order valence-corrected chi connectivity index (χ4v) is 3.92. The van der Waals surface area contributed by atoms with Crippen LogP contribution >= 0.6 is 11.3 Å². The first-order valence-electron chi connectivity index (χ1n) is 10.2. The highest BCUT2D eigenvalue weighted by Gasteiger charge is 2.14. The standard InChI is InChI=1S/C23H23N5O4S/c1-13(2)23-28-27-21(33-23)11-20(29)26-14-5-7-15(8-6-14)32-22-16-9-18(30-3)19(31-4)10-17(16)24-12-25-22/h5-10,12-13H,11H2,1-4H3,(H,26,29). The molecule has 33 heavy (non-hydrogen) atoms. The Kier molecular flexibility index (Phi) is 6.64. The minimum atomic E-state index is -0.155. The Bertz CT molecular complexity index is 1270. The minimum absolute atomic E-state index is 0.155. The molecule has 0 unspecified atom stereocenters. The first-order chi connectivity index (χ1) is 16.0. The number of hydrogen-bond donors (Lipinski definition) is 1. The van der Waals surface area contributed by atoms with Crippen molar-refractivity contribution in [3.63, 3.8) is 0 Å². The van der Waals surface area contributed by atoms with Crippen LogP contribution in [0.5, 0.6) is 23.1 Å². The van der Waals surface area contributed by atoms with E-state index in [0.717, 1.165) is 5.01 Å². The first kappa shape index (κ1) is 22.4. The monoisotopic (exact) mass is 465 g/mol. The lowest BCUT2D eigenvalue weighted by atomic mass is 10.2. The topological polar surface area (TPSA) is 108 Å². The number of carbonyl (C=O) groups excluding carboxylic acids is 1. The van der Waals surface area contributed by atoms with Crippen molar-refractivity contribution in [1.29, 1.82) is 0 Å². The Morgan fingerprint density at radius 3 is 2.42 bits per heavy atom. The molecule has 2 aromatic carbocycles. The Labute approximate surface area is 194 Å². The molecule has 0 aliphatic rings. The van der Waals surface area contributed by atoms with Gasteiger partial charge < -0.3 is 19.5 Å². The lowest BCUT2D eigenvalue weighted by Gasteiger charge is -2.11. The zero-order valence-corrected chi connectivity index (χ0v) is 19.5. The third kappa shape index (κ3) is 5.17. The summed E-state index contributed by atoms with van der Waals surface area (Å²) in [6.07, 6.45) is 1.61. The van der Waals surface area contributed by atoms with Crippen molar-refractivity contribution in [2.75, 3.05) is 19.5 Å². The number of hydrogen-bond acceptors (Lipinski definition) is 9. The highest BCUT2D eigenvalue weighted by Crippen LogP contribution is 2.35. The van der Waals surface area contributed by atoms with Crippen molar-refractivity contribution in [1.82, 2.24) is 20.2 Å². The van der Waals surface area contributed by atoms with Crippen molar-refractivity contribution in [3.05, 3.63) is 52.7 Å². The number of amides is 1. The van der Waals surface area contributed by atoms with E-state index in [2.05, 4.69) is 25.5 Å². The van der Waals surface area contributed by atoms with E-state index in [1.165, 1.54) is 17.7 Å².